The van der Waals surface area contributed by atoms with E-state index in [9.17, 15) is 9.18 Å². The summed E-state index contributed by atoms with van der Waals surface area (Å²) in [6.07, 6.45) is 2.73. The summed E-state index contributed by atoms with van der Waals surface area (Å²) in [5.41, 5.74) is 1.87. The zero-order chi connectivity index (χ0) is 13.8. The van der Waals surface area contributed by atoms with E-state index in [1.165, 1.54) is 24.3 Å². The minimum absolute atomic E-state index is 0.181. The van der Waals surface area contributed by atoms with E-state index in [1.807, 2.05) is 19.1 Å². The molecule has 0 saturated carbocycles. The second-order valence-electron chi connectivity index (χ2n) is 4.20. The molecule has 0 saturated heterocycles. The number of rotatable bonds is 3. The van der Waals surface area contributed by atoms with Crippen molar-refractivity contribution in [2.75, 3.05) is 0 Å². The predicted octanol–water partition coefficient (Wildman–Crippen LogP) is 4.68. The van der Waals surface area contributed by atoms with Crippen LogP contribution in [0.3, 0.4) is 0 Å². The Morgan fingerprint density at radius 3 is 2.47 bits per heavy atom. The Labute approximate surface area is 116 Å². The Morgan fingerprint density at radius 2 is 1.84 bits per heavy atom. The number of halogens is 2. The van der Waals surface area contributed by atoms with Crippen LogP contribution in [0.15, 0.2) is 48.5 Å². The van der Waals surface area contributed by atoms with Crippen LogP contribution >= 0.6 is 11.6 Å². The number of carbonyl (C=O) groups is 1. The fourth-order valence-corrected chi connectivity index (χ4v) is 1.87. The molecule has 0 heterocycles. The lowest BCUT2D eigenvalue weighted by molar-refractivity contribution is 0.104. The minimum atomic E-state index is -0.444. The summed E-state index contributed by atoms with van der Waals surface area (Å²) in [5.74, 6) is -0.625. The molecule has 0 fully saturated rings. The zero-order valence-electron chi connectivity index (χ0n) is 10.4. The molecule has 96 valence electrons. The Hall–Kier alpha value is -1.93. The van der Waals surface area contributed by atoms with Gasteiger partial charge in [-0.3, -0.25) is 4.79 Å². The Kier molecular flexibility index (Phi) is 4.13. The highest BCUT2D eigenvalue weighted by Crippen LogP contribution is 2.20. The van der Waals surface area contributed by atoms with Gasteiger partial charge in [-0.05, 0) is 31.2 Å². The maximum atomic E-state index is 13.5. The maximum Gasteiger partial charge on any atom is 0.185 e. The number of hydrogen-bond acceptors (Lipinski definition) is 1. The number of carbonyl (C=O) groups excluding carboxylic acids is 1. The van der Waals surface area contributed by atoms with E-state index in [1.54, 1.807) is 18.2 Å². The molecule has 0 spiro atoms. The van der Waals surface area contributed by atoms with Gasteiger partial charge in [-0.1, -0.05) is 47.5 Å². The Morgan fingerprint density at radius 1 is 1.16 bits per heavy atom. The standard InChI is InChI=1S/C16H12ClFO/c1-11-5-7-12(8-6-11)16(19)10-9-13-14(17)3-2-4-15(13)18/h2-10H,1H3/b10-9-. The lowest BCUT2D eigenvalue weighted by atomic mass is 10.1. The van der Waals surface area contributed by atoms with Crippen molar-refractivity contribution in [2.24, 2.45) is 0 Å². The van der Waals surface area contributed by atoms with Crippen molar-refractivity contribution in [1.29, 1.82) is 0 Å². The van der Waals surface area contributed by atoms with E-state index in [-0.39, 0.29) is 16.4 Å². The van der Waals surface area contributed by atoms with Crippen molar-refractivity contribution in [3.63, 3.8) is 0 Å². The first kappa shape index (κ1) is 13.5. The average Bonchev–Trinajstić information content (AvgIpc) is 2.38. The van der Waals surface area contributed by atoms with Crippen molar-refractivity contribution in [2.45, 2.75) is 6.92 Å². The molecule has 0 aliphatic rings. The summed E-state index contributed by atoms with van der Waals surface area (Å²) < 4.78 is 13.5. The highest BCUT2D eigenvalue weighted by atomic mass is 35.5. The summed E-state index contributed by atoms with van der Waals surface area (Å²) in [6, 6.07) is 11.6. The molecule has 2 aromatic carbocycles. The molecule has 2 aromatic rings. The van der Waals surface area contributed by atoms with Gasteiger partial charge in [-0.2, -0.15) is 0 Å². The first-order chi connectivity index (χ1) is 9.08. The molecule has 3 heteroatoms. The van der Waals surface area contributed by atoms with Crippen LogP contribution in [0.2, 0.25) is 5.02 Å². The molecule has 19 heavy (non-hydrogen) atoms. The van der Waals surface area contributed by atoms with Crippen LogP contribution in [0.4, 0.5) is 4.39 Å². The van der Waals surface area contributed by atoms with E-state index in [0.29, 0.717) is 5.56 Å². The fraction of sp³-hybridized carbons (Fsp3) is 0.0625. The summed E-state index contributed by atoms with van der Waals surface area (Å²) in [7, 11) is 0. The third-order valence-corrected chi connectivity index (χ3v) is 3.07. The van der Waals surface area contributed by atoms with Crippen LogP contribution in [-0.4, -0.2) is 5.78 Å². The van der Waals surface area contributed by atoms with E-state index in [0.717, 1.165) is 5.56 Å². The third-order valence-electron chi connectivity index (χ3n) is 2.74. The first-order valence-electron chi connectivity index (χ1n) is 5.81. The number of aryl methyl sites for hydroxylation is 1. The van der Waals surface area contributed by atoms with Crippen molar-refractivity contribution < 1.29 is 9.18 Å². The van der Waals surface area contributed by atoms with E-state index in [2.05, 4.69) is 0 Å². The molecule has 0 amide bonds. The number of benzene rings is 2. The predicted molar refractivity (Wildman–Crippen MR) is 76.0 cm³/mol. The topological polar surface area (TPSA) is 17.1 Å². The lowest BCUT2D eigenvalue weighted by Gasteiger charge is -2.00. The van der Waals surface area contributed by atoms with Crippen molar-refractivity contribution in [1.82, 2.24) is 0 Å². The average molecular weight is 275 g/mol. The van der Waals surface area contributed by atoms with Gasteiger partial charge in [-0.15, -0.1) is 0 Å². The normalized spacial score (nSPS) is 10.9. The minimum Gasteiger partial charge on any atom is -0.289 e. The number of hydrogen-bond donors (Lipinski definition) is 0. The molecular formula is C16H12ClFO. The number of ketones is 1. The molecule has 0 radical (unpaired) electrons. The van der Waals surface area contributed by atoms with Gasteiger partial charge >= 0.3 is 0 Å². The van der Waals surface area contributed by atoms with Crippen LogP contribution in [0, 0.1) is 12.7 Å². The van der Waals surface area contributed by atoms with E-state index in [4.69, 9.17) is 11.6 Å². The quantitative estimate of drug-likeness (QED) is 0.586. The van der Waals surface area contributed by atoms with E-state index < -0.39 is 5.82 Å². The molecule has 0 bridgehead atoms. The van der Waals surface area contributed by atoms with Crippen molar-refractivity contribution in [3.05, 3.63) is 76.1 Å². The van der Waals surface area contributed by atoms with Gasteiger partial charge in [0.2, 0.25) is 0 Å². The van der Waals surface area contributed by atoms with Crippen LogP contribution in [-0.2, 0) is 0 Å². The van der Waals surface area contributed by atoms with Crippen LogP contribution in [0.1, 0.15) is 21.5 Å². The second-order valence-corrected chi connectivity index (χ2v) is 4.61. The monoisotopic (exact) mass is 274 g/mol. The maximum absolute atomic E-state index is 13.5. The largest absolute Gasteiger partial charge is 0.289 e. The van der Waals surface area contributed by atoms with Crippen molar-refractivity contribution >= 4 is 23.5 Å². The molecule has 0 atom stereocenters. The molecule has 0 aromatic heterocycles. The molecule has 2 rings (SSSR count). The van der Waals surface area contributed by atoms with Gasteiger partial charge in [0.1, 0.15) is 5.82 Å². The second kappa shape index (κ2) is 5.81. The van der Waals surface area contributed by atoms with Gasteiger partial charge in [0.05, 0.1) is 5.02 Å². The summed E-state index contributed by atoms with van der Waals surface area (Å²) in [4.78, 5) is 11.9. The molecule has 0 N–H and O–H groups in total. The van der Waals surface area contributed by atoms with Crippen LogP contribution in [0.5, 0.6) is 0 Å². The smallest absolute Gasteiger partial charge is 0.185 e. The highest BCUT2D eigenvalue weighted by Gasteiger charge is 2.05. The third kappa shape index (κ3) is 3.30. The summed E-state index contributed by atoms with van der Waals surface area (Å²) in [6.45, 7) is 1.95. The molecule has 0 unspecified atom stereocenters. The summed E-state index contributed by atoms with van der Waals surface area (Å²) >= 11 is 5.88. The Bertz CT molecular complexity index is 609. The van der Waals surface area contributed by atoms with Crippen molar-refractivity contribution in [3.8, 4) is 0 Å². The van der Waals surface area contributed by atoms with Crippen LogP contribution in [0.25, 0.3) is 6.08 Å². The molecule has 0 aliphatic heterocycles. The lowest BCUT2D eigenvalue weighted by Crippen LogP contribution is -1.94. The van der Waals surface area contributed by atoms with Gasteiger partial charge in [0.25, 0.3) is 0 Å². The first-order valence-corrected chi connectivity index (χ1v) is 6.19. The summed E-state index contributed by atoms with van der Waals surface area (Å²) in [5, 5.41) is 0.285. The van der Waals surface area contributed by atoms with Gasteiger partial charge < -0.3 is 0 Å². The van der Waals surface area contributed by atoms with Gasteiger partial charge in [0.15, 0.2) is 5.78 Å². The molecule has 1 nitrogen and oxygen atoms in total. The highest BCUT2D eigenvalue weighted by molar-refractivity contribution is 6.32. The molecular weight excluding hydrogens is 263 g/mol. The Balaban J connectivity index is 2.23. The number of allylic oxidation sites excluding steroid dienone is 1. The molecule has 0 aliphatic carbocycles. The SMILES string of the molecule is Cc1ccc(C(=O)/C=C\c2c(F)cccc2Cl)cc1. The zero-order valence-corrected chi connectivity index (χ0v) is 11.1. The van der Waals surface area contributed by atoms with Gasteiger partial charge in [-0.25, -0.2) is 4.39 Å². The fourth-order valence-electron chi connectivity index (χ4n) is 1.64. The van der Waals surface area contributed by atoms with Gasteiger partial charge in [0, 0.05) is 11.1 Å². The van der Waals surface area contributed by atoms with E-state index >= 15 is 0 Å². The van der Waals surface area contributed by atoms with Crippen LogP contribution < -0.4 is 0 Å².